The van der Waals surface area contributed by atoms with Gasteiger partial charge in [-0.1, -0.05) is 17.7 Å². The highest BCUT2D eigenvalue weighted by molar-refractivity contribution is 7.89. The van der Waals surface area contributed by atoms with Crippen molar-refractivity contribution in [3.8, 4) is 5.75 Å². The van der Waals surface area contributed by atoms with Crippen LogP contribution in [0.15, 0.2) is 47.4 Å². The molecule has 0 bridgehead atoms. The van der Waals surface area contributed by atoms with Gasteiger partial charge in [0.05, 0.1) is 18.5 Å². The fraction of sp³-hybridized carbons (Fsp3) is 0.348. The average molecular weight is 478 g/mol. The van der Waals surface area contributed by atoms with Crippen LogP contribution in [-0.4, -0.2) is 52.9 Å². The first-order valence-electron chi connectivity index (χ1n) is 10.4. The lowest BCUT2D eigenvalue weighted by Crippen LogP contribution is -2.30. The van der Waals surface area contributed by atoms with Crippen molar-refractivity contribution in [3.63, 3.8) is 0 Å². The number of methoxy groups -OCH3 is 1. The summed E-state index contributed by atoms with van der Waals surface area (Å²) in [5, 5.41) is 3.44. The number of sulfonamides is 1. The third-order valence-electron chi connectivity index (χ3n) is 5.29. The zero-order valence-electron chi connectivity index (χ0n) is 18.5. The molecule has 32 heavy (non-hydrogen) atoms. The predicted molar refractivity (Wildman–Crippen MR) is 129 cm³/mol. The van der Waals surface area contributed by atoms with E-state index in [2.05, 4.69) is 10.2 Å². The number of amides is 1. The number of carbonyl (C=O) groups is 1. The first-order chi connectivity index (χ1) is 15.2. The third kappa shape index (κ3) is 5.62. The number of hydrogen-bond acceptors (Lipinski definition) is 5. The van der Waals surface area contributed by atoms with Crippen LogP contribution in [0.4, 0.5) is 11.4 Å². The second kappa shape index (κ2) is 10.4. The first-order valence-corrected chi connectivity index (χ1v) is 12.2. The Bertz CT molecular complexity index is 1110. The number of rotatable bonds is 7. The van der Waals surface area contributed by atoms with Gasteiger partial charge in [0.15, 0.2) is 0 Å². The number of benzene rings is 2. The van der Waals surface area contributed by atoms with Crippen LogP contribution in [0.5, 0.6) is 5.75 Å². The van der Waals surface area contributed by atoms with Crippen molar-refractivity contribution in [1.29, 1.82) is 0 Å². The second-order valence-corrected chi connectivity index (χ2v) is 10.3. The molecule has 0 atom stereocenters. The molecule has 1 amide bonds. The molecule has 1 N–H and O–H groups in total. The quantitative estimate of drug-likeness (QED) is 0.603. The van der Waals surface area contributed by atoms with Crippen molar-refractivity contribution in [3.05, 3.63) is 53.1 Å². The van der Waals surface area contributed by atoms with Crippen LogP contribution in [-0.2, 0) is 14.8 Å². The number of piperidine rings is 1. The molecule has 0 aliphatic carbocycles. The molecular weight excluding hydrogens is 450 g/mol. The van der Waals surface area contributed by atoms with Crippen LogP contribution >= 0.6 is 11.6 Å². The van der Waals surface area contributed by atoms with Gasteiger partial charge < -0.3 is 15.0 Å². The molecule has 0 spiro atoms. The Morgan fingerprint density at radius 1 is 1.12 bits per heavy atom. The monoisotopic (exact) mass is 477 g/mol. The van der Waals surface area contributed by atoms with Gasteiger partial charge in [-0.25, -0.2) is 12.7 Å². The van der Waals surface area contributed by atoms with E-state index in [1.807, 2.05) is 12.1 Å². The standard InChI is InChI=1S/C23H28ClN3O4S/c1-26(2)32(29,30)22-15-17(7-11-21(22)31-3)8-12-23(28)25-19-16-18(24)9-10-20(19)27-13-5-4-6-14-27/h7-12,15-16H,4-6,13-14H2,1-3H3,(H,25,28). The molecular formula is C23H28ClN3O4S. The molecule has 1 saturated heterocycles. The minimum absolute atomic E-state index is 0.0368. The van der Waals surface area contributed by atoms with Crippen LogP contribution in [0, 0.1) is 0 Å². The molecule has 9 heteroatoms. The second-order valence-electron chi connectivity index (χ2n) is 7.73. The molecule has 1 aliphatic rings. The fourth-order valence-electron chi connectivity index (χ4n) is 3.56. The van der Waals surface area contributed by atoms with Crippen LogP contribution in [0.1, 0.15) is 24.8 Å². The van der Waals surface area contributed by atoms with Crippen molar-refractivity contribution in [2.75, 3.05) is 44.5 Å². The Kier molecular flexibility index (Phi) is 7.82. The topological polar surface area (TPSA) is 79.0 Å². The van der Waals surface area contributed by atoms with Gasteiger partial charge >= 0.3 is 0 Å². The molecule has 7 nitrogen and oxygen atoms in total. The summed E-state index contributed by atoms with van der Waals surface area (Å²) in [5.74, 6) is -0.0937. The Labute approximate surface area is 194 Å². The minimum atomic E-state index is -3.70. The molecule has 2 aromatic carbocycles. The summed E-state index contributed by atoms with van der Waals surface area (Å²) in [6.07, 6.45) is 6.38. The smallest absolute Gasteiger partial charge is 0.248 e. The molecule has 0 saturated carbocycles. The third-order valence-corrected chi connectivity index (χ3v) is 7.36. The first kappa shape index (κ1) is 24.1. The number of anilines is 2. The summed E-state index contributed by atoms with van der Waals surface area (Å²) in [6, 6.07) is 10.2. The summed E-state index contributed by atoms with van der Waals surface area (Å²) in [4.78, 5) is 14.9. The molecule has 1 heterocycles. The summed E-state index contributed by atoms with van der Waals surface area (Å²) in [5.41, 5.74) is 2.16. The molecule has 1 aliphatic heterocycles. The van der Waals surface area contributed by atoms with Crippen molar-refractivity contribution >= 4 is 45.0 Å². The Balaban J connectivity index is 1.81. The lowest BCUT2D eigenvalue weighted by Gasteiger charge is -2.30. The number of nitrogens with zero attached hydrogens (tertiary/aromatic N) is 2. The normalized spacial score (nSPS) is 14.7. The summed E-state index contributed by atoms with van der Waals surface area (Å²) < 4.78 is 31.5. The maximum absolute atomic E-state index is 12.6. The maximum Gasteiger partial charge on any atom is 0.248 e. The van der Waals surface area contributed by atoms with Gasteiger partial charge in [-0.2, -0.15) is 0 Å². The van der Waals surface area contributed by atoms with Gasteiger partial charge in [0.1, 0.15) is 10.6 Å². The lowest BCUT2D eigenvalue weighted by molar-refractivity contribution is -0.111. The highest BCUT2D eigenvalue weighted by Crippen LogP contribution is 2.31. The van der Waals surface area contributed by atoms with Gasteiger partial charge in [-0.15, -0.1) is 0 Å². The number of hydrogen-bond donors (Lipinski definition) is 1. The fourth-order valence-corrected chi connectivity index (χ4v) is 4.82. The van der Waals surface area contributed by atoms with Gasteiger partial charge in [0.2, 0.25) is 15.9 Å². The van der Waals surface area contributed by atoms with E-state index in [1.54, 1.807) is 24.3 Å². The van der Waals surface area contributed by atoms with E-state index in [0.717, 1.165) is 35.9 Å². The van der Waals surface area contributed by atoms with Crippen molar-refractivity contribution < 1.29 is 17.9 Å². The number of carbonyl (C=O) groups excluding carboxylic acids is 1. The van der Waals surface area contributed by atoms with Gasteiger partial charge in [0, 0.05) is 38.3 Å². The largest absolute Gasteiger partial charge is 0.495 e. The summed E-state index contributed by atoms with van der Waals surface area (Å²) in [6.45, 7) is 1.88. The van der Waals surface area contributed by atoms with Crippen LogP contribution in [0.25, 0.3) is 6.08 Å². The maximum atomic E-state index is 12.6. The zero-order valence-corrected chi connectivity index (χ0v) is 20.0. The molecule has 2 aromatic rings. The Morgan fingerprint density at radius 3 is 2.50 bits per heavy atom. The number of halogens is 1. The van der Waals surface area contributed by atoms with E-state index in [9.17, 15) is 13.2 Å². The minimum Gasteiger partial charge on any atom is -0.495 e. The zero-order chi connectivity index (χ0) is 23.3. The molecule has 0 radical (unpaired) electrons. The van der Waals surface area contributed by atoms with E-state index < -0.39 is 10.0 Å². The van der Waals surface area contributed by atoms with E-state index >= 15 is 0 Å². The van der Waals surface area contributed by atoms with Gasteiger partial charge in [0.25, 0.3) is 0 Å². The van der Waals surface area contributed by atoms with Crippen molar-refractivity contribution in [2.45, 2.75) is 24.2 Å². The lowest BCUT2D eigenvalue weighted by atomic mass is 10.1. The van der Waals surface area contributed by atoms with E-state index in [1.165, 1.54) is 39.8 Å². The summed E-state index contributed by atoms with van der Waals surface area (Å²) >= 11 is 6.17. The van der Waals surface area contributed by atoms with E-state index in [0.29, 0.717) is 16.3 Å². The van der Waals surface area contributed by atoms with Crippen LogP contribution in [0.3, 0.4) is 0 Å². The van der Waals surface area contributed by atoms with Crippen LogP contribution < -0.4 is 15.0 Å². The molecule has 1 fully saturated rings. The highest BCUT2D eigenvalue weighted by atomic mass is 35.5. The van der Waals surface area contributed by atoms with E-state index in [4.69, 9.17) is 16.3 Å². The Morgan fingerprint density at radius 2 is 1.84 bits per heavy atom. The number of ether oxygens (including phenoxy) is 1. The average Bonchev–Trinajstić information content (AvgIpc) is 2.78. The molecule has 0 aromatic heterocycles. The van der Waals surface area contributed by atoms with Crippen LogP contribution in [0.2, 0.25) is 5.02 Å². The highest BCUT2D eigenvalue weighted by Gasteiger charge is 2.22. The molecule has 172 valence electrons. The van der Waals surface area contributed by atoms with Crippen molar-refractivity contribution in [2.24, 2.45) is 0 Å². The van der Waals surface area contributed by atoms with Crippen molar-refractivity contribution in [1.82, 2.24) is 4.31 Å². The van der Waals surface area contributed by atoms with Gasteiger partial charge in [-0.3, -0.25) is 4.79 Å². The summed E-state index contributed by atoms with van der Waals surface area (Å²) in [7, 11) is 0.624. The molecule has 0 unspecified atom stereocenters. The van der Waals surface area contributed by atoms with E-state index in [-0.39, 0.29) is 16.6 Å². The SMILES string of the molecule is COc1ccc(C=CC(=O)Nc2cc(Cl)ccc2N2CCCCC2)cc1S(=O)(=O)N(C)C. The Hall–Kier alpha value is -2.55. The predicted octanol–water partition coefficient (Wildman–Crippen LogP) is 4.24. The molecule has 3 rings (SSSR count). The van der Waals surface area contributed by atoms with Gasteiger partial charge in [-0.05, 0) is 61.2 Å². The number of nitrogens with one attached hydrogen (secondary N) is 1.